The molecule has 0 aliphatic carbocycles. The van der Waals surface area contributed by atoms with E-state index in [4.69, 9.17) is 22.1 Å². The van der Waals surface area contributed by atoms with Crippen LogP contribution in [0.3, 0.4) is 0 Å². The molecule has 0 radical (unpaired) electrons. The van der Waals surface area contributed by atoms with Gasteiger partial charge in [-0.15, -0.1) is 0 Å². The van der Waals surface area contributed by atoms with Crippen molar-refractivity contribution in [3.63, 3.8) is 0 Å². The summed E-state index contributed by atoms with van der Waals surface area (Å²) in [7, 11) is 0. The summed E-state index contributed by atoms with van der Waals surface area (Å²) >= 11 is 5.79. The van der Waals surface area contributed by atoms with Gasteiger partial charge < -0.3 is 15.8 Å². The second-order valence-electron chi connectivity index (χ2n) is 4.35. The maximum atomic E-state index is 5.79. The summed E-state index contributed by atoms with van der Waals surface area (Å²) in [6.45, 7) is 6.28. The number of halogens is 1. The van der Waals surface area contributed by atoms with Crippen molar-refractivity contribution < 1.29 is 4.74 Å². The molecule has 0 aliphatic rings. The Morgan fingerprint density at radius 3 is 2.53 bits per heavy atom. The van der Waals surface area contributed by atoms with Crippen molar-refractivity contribution in [2.24, 2.45) is 5.73 Å². The van der Waals surface area contributed by atoms with Crippen molar-refractivity contribution in [1.29, 1.82) is 0 Å². The maximum absolute atomic E-state index is 5.79. The topological polar surface area (TPSA) is 47.3 Å². The SMILES string of the molecule is CCC(C)(CN)NCCOc1ccc(Cl)cc1. The Kier molecular flexibility index (Phi) is 5.75. The fourth-order valence-corrected chi connectivity index (χ4v) is 1.52. The van der Waals surface area contributed by atoms with Crippen LogP contribution in [0.2, 0.25) is 5.02 Å². The van der Waals surface area contributed by atoms with Crippen LogP contribution in [0.25, 0.3) is 0 Å². The zero-order valence-electron chi connectivity index (χ0n) is 10.5. The summed E-state index contributed by atoms with van der Waals surface area (Å²) in [5.74, 6) is 0.835. The second kappa shape index (κ2) is 6.84. The monoisotopic (exact) mass is 256 g/mol. The Morgan fingerprint density at radius 1 is 1.35 bits per heavy atom. The van der Waals surface area contributed by atoms with Gasteiger partial charge in [0.1, 0.15) is 12.4 Å². The molecule has 0 amide bonds. The molecule has 0 bridgehead atoms. The Morgan fingerprint density at radius 2 is 2.00 bits per heavy atom. The summed E-state index contributed by atoms with van der Waals surface area (Å²) in [4.78, 5) is 0. The van der Waals surface area contributed by atoms with Gasteiger partial charge in [-0.2, -0.15) is 0 Å². The highest BCUT2D eigenvalue weighted by molar-refractivity contribution is 6.30. The first-order valence-corrected chi connectivity index (χ1v) is 6.31. The summed E-state index contributed by atoms with van der Waals surface area (Å²) in [5.41, 5.74) is 5.71. The van der Waals surface area contributed by atoms with Crippen molar-refractivity contribution in [3.05, 3.63) is 29.3 Å². The molecule has 0 aliphatic heterocycles. The van der Waals surface area contributed by atoms with Crippen LogP contribution >= 0.6 is 11.6 Å². The van der Waals surface area contributed by atoms with Gasteiger partial charge in [0, 0.05) is 23.7 Å². The van der Waals surface area contributed by atoms with Gasteiger partial charge in [0.15, 0.2) is 0 Å². The number of nitrogens with one attached hydrogen (secondary N) is 1. The predicted molar refractivity (Wildman–Crippen MR) is 72.7 cm³/mol. The molecule has 4 heteroatoms. The molecule has 0 spiro atoms. The number of ether oxygens (including phenoxy) is 1. The molecule has 3 nitrogen and oxygen atoms in total. The lowest BCUT2D eigenvalue weighted by Crippen LogP contribution is -2.49. The molecule has 17 heavy (non-hydrogen) atoms. The van der Waals surface area contributed by atoms with E-state index in [0.717, 1.165) is 23.7 Å². The van der Waals surface area contributed by atoms with Gasteiger partial charge in [-0.25, -0.2) is 0 Å². The van der Waals surface area contributed by atoms with Gasteiger partial charge >= 0.3 is 0 Å². The third-order valence-corrected chi connectivity index (χ3v) is 3.22. The molecule has 3 N–H and O–H groups in total. The Balaban J connectivity index is 2.26. The zero-order chi connectivity index (χ0) is 12.7. The third-order valence-electron chi connectivity index (χ3n) is 2.97. The van der Waals surface area contributed by atoms with E-state index >= 15 is 0 Å². The van der Waals surface area contributed by atoms with Gasteiger partial charge in [-0.3, -0.25) is 0 Å². The van der Waals surface area contributed by atoms with Gasteiger partial charge in [-0.1, -0.05) is 18.5 Å². The zero-order valence-corrected chi connectivity index (χ0v) is 11.3. The van der Waals surface area contributed by atoms with Crippen LogP contribution in [0.5, 0.6) is 5.75 Å². The molecule has 0 saturated heterocycles. The lowest BCUT2D eigenvalue weighted by molar-refractivity contribution is 0.274. The quantitative estimate of drug-likeness (QED) is 0.737. The Hall–Kier alpha value is -0.770. The van der Waals surface area contributed by atoms with Gasteiger partial charge in [0.25, 0.3) is 0 Å². The number of benzene rings is 1. The standard InChI is InChI=1S/C13H21ClN2O/c1-3-13(2,10-15)16-8-9-17-12-6-4-11(14)5-7-12/h4-7,16H,3,8-10,15H2,1-2H3. The third kappa shape index (κ3) is 4.94. The van der Waals surface area contributed by atoms with Crippen molar-refractivity contribution in [1.82, 2.24) is 5.32 Å². The van der Waals surface area contributed by atoms with Gasteiger partial charge in [0.05, 0.1) is 0 Å². The average Bonchev–Trinajstić information content (AvgIpc) is 2.36. The Labute approximate surface area is 108 Å². The number of hydrogen-bond acceptors (Lipinski definition) is 3. The van der Waals surface area contributed by atoms with E-state index in [2.05, 4.69) is 19.2 Å². The summed E-state index contributed by atoms with van der Waals surface area (Å²) < 4.78 is 5.58. The van der Waals surface area contributed by atoms with Crippen molar-refractivity contribution in [2.45, 2.75) is 25.8 Å². The molecule has 0 heterocycles. The largest absolute Gasteiger partial charge is 0.492 e. The molecule has 96 valence electrons. The fraction of sp³-hybridized carbons (Fsp3) is 0.538. The van der Waals surface area contributed by atoms with E-state index in [1.807, 2.05) is 24.3 Å². The summed E-state index contributed by atoms with van der Waals surface area (Å²) in [6.07, 6.45) is 1.00. The average molecular weight is 257 g/mol. The van der Waals surface area contributed by atoms with Crippen LogP contribution in [-0.4, -0.2) is 25.2 Å². The van der Waals surface area contributed by atoms with E-state index < -0.39 is 0 Å². The minimum Gasteiger partial charge on any atom is -0.492 e. The molecule has 0 aromatic heterocycles. The van der Waals surface area contributed by atoms with Crippen molar-refractivity contribution in [3.8, 4) is 5.75 Å². The molecular weight excluding hydrogens is 236 g/mol. The first-order valence-electron chi connectivity index (χ1n) is 5.93. The van der Waals surface area contributed by atoms with Crippen LogP contribution in [0.15, 0.2) is 24.3 Å². The van der Waals surface area contributed by atoms with Crippen LogP contribution in [0.4, 0.5) is 0 Å². The first-order chi connectivity index (χ1) is 8.09. The molecule has 0 saturated carbocycles. The molecule has 1 unspecified atom stereocenters. The Bertz CT molecular complexity index is 323. The highest BCUT2D eigenvalue weighted by Gasteiger charge is 2.18. The highest BCUT2D eigenvalue weighted by Crippen LogP contribution is 2.15. The van der Waals surface area contributed by atoms with Gasteiger partial charge in [-0.05, 0) is 37.6 Å². The number of nitrogens with two attached hydrogens (primary N) is 1. The molecule has 1 atom stereocenters. The summed E-state index contributed by atoms with van der Waals surface area (Å²) in [5, 5.41) is 4.12. The lowest BCUT2D eigenvalue weighted by atomic mass is 9.99. The fourth-order valence-electron chi connectivity index (χ4n) is 1.39. The normalized spacial score (nSPS) is 14.4. The maximum Gasteiger partial charge on any atom is 0.119 e. The van der Waals surface area contributed by atoms with Crippen molar-refractivity contribution in [2.75, 3.05) is 19.7 Å². The number of rotatable bonds is 7. The smallest absolute Gasteiger partial charge is 0.119 e. The molecule has 0 fully saturated rings. The van der Waals surface area contributed by atoms with E-state index in [-0.39, 0.29) is 5.54 Å². The lowest BCUT2D eigenvalue weighted by Gasteiger charge is -2.28. The molecular formula is C13H21ClN2O. The van der Waals surface area contributed by atoms with Crippen LogP contribution in [-0.2, 0) is 0 Å². The molecule has 1 rings (SSSR count). The predicted octanol–water partition coefficient (Wildman–Crippen LogP) is 2.44. The second-order valence-corrected chi connectivity index (χ2v) is 4.78. The minimum atomic E-state index is 0.00333. The highest BCUT2D eigenvalue weighted by atomic mass is 35.5. The number of hydrogen-bond donors (Lipinski definition) is 2. The minimum absolute atomic E-state index is 0.00333. The van der Waals surface area contributed by atoms with E-state index in [9.17, 15) is 0 Å². The van der Waals surface area contributed by atoms with Gasteiger partial charge in [0.2, 0.25) is 0 Å². The summed E-state index contributed by atoms with van der Waals surface area (Å²) in [6, 6.07) is 7.37. The van der Waals surface area contributed by atoms with E-state index in [0.29, 0.717) is 13.2 Å². The van der Waals surface area contributed by atoms with Crippen LogP contribution < -0.4 is 15.8 Å². The molecule has 1 aromatic carbocycles. The molecule has 1 aromatic rings. The first kappa shape index (κ1) is 14.3. The van der Waals surface area contributed by atoms with Crippen LogP contribution in [0.1, 0.15) is 20.3 Å². The van der Waals surface area contributed by atoms with E-state index in [1.54, 1.807) is 0 Å². The van der Waals surface area contributed by atoms with Crippen molar-refractivity contribution >= 4 is 11.6 Å². The van der Waals surface area contributed by atoms with E-state index in [1.165, 1.54) is 0 Å². The van der Waals surface area contributed by atoms with Crippen LogP contribution in [0, 0.1) is 0 Å².